The third-order valence-corrected chi connectivity index (χ3v) is 5.99. The van der Waals surface area contributed by atoms with Gasteiger partial charge in [0.15, 0.2) is 0 Å². The molecular formula is C24H25N3O5S. The zero-order valence-corrected chi connectivity index (χ0v) is 19.3. The van der Waals surface area contributed by atoms with Crippen LogP contribution in [0.1, 0.15) is 22.8 Å². The average molecular weight is 468 g/mol. The highest BCUT2D eigenvalue weighted by Crippen LogP contribution is 2.26. The summed E-state index contributed by atoms with van der Waals surface area (Å²) in [4.78, 5) is 12.5. The molecule has 0 aliphatic carbocycles. The fourth-order valence-corrected chi connectivity index (χ4v) is 4.07. The van der Waals surface area contributed by atoms with Crippen LogP contribution in [0.5, 0.6) is 11.5 Å². The SMILES string of the molecule is COc1ccc(/C=C(/C)NNC(=O)c2cccc(S(=O)(=O)Nc3ccccc3OC)c2)cc1. The maximum atomic E-state index is 12.8. The Morgan fingerprint density at radius 1 is 0.879 bits per heavy atom. The third kappa shape index (κ3) is 6.27. The van der Waals surface area contributed by atoms with Crippen molar-refractivity contribution in [1.82, 2.24) is 10.9 Å². The minimum absolute atomic E-state index is 0.0495. The molecule has 9 heteroatoms. The third-order valence-electron chi connectivity index (χ3n) is 4.63. The van der Waals surface area contributed by atoms with Gasteiger partial charge in [-0.2, -0.15) is 0 Å². The maximum Gasteiger partial charge on any atom is 0.269 e. The van der Waals surface area contributed by atoms with Gasteiger partial charge in [-0.1, -0.05) is 30.3 Å². The van der Waals surface area contributed by atoms with Crippen LogP contribution in [0.4, 0.5) is 5.69 Å². The van der Waals surface area contributed by atoms with Crippen LogP contribution in [-0.4, -0.2) is 28.5 Å². The number of hydrazine groups is 1. The number of sulfonamides is 1. The minimum atomic E-state index is -3.93. The Morgan fingerprint density at radius 3 is 2.30 bits per heavy atom. The number of para-hydroxylation sites is 2. The second-order valence-corrected chi connectivity index (χ2v) is 8.70. The first-order chi connectivity index (χ1) is 15.8. The van der Waals surface area contributed by atoms with E-state index in [1.807, 2.05) is 30.3 Å². The quantitative estimate of drug-likeness (QED) is 0.414. The zero-order valence-electron chi connectivity index (χ0n) is 18.5. The van der Waals surface area contributed by atoms with Crippen molar-refractivity contribution in [2.24, 2.45) is 0 Å². The molecule has 0 fully saturated rings. The fourth-order valence-electron chi connectivity index (χ4n) is 2.95. The van der Waals surface area contributed by atoms with E-state index in [1.165, 1.54) is 31.4 Å². The van der Waals surface area contributed by atoms with Crippen LogP contribution in [0.15, 0.2) is 83.4 Å². The van der Waals surface area contributed by atoms with Gasteiger partial charge >= 0.3 is 0 Å². The number of allylic oxidation sites excluding steroid dienone is 1. The van der Waals surface area contributed by atoms with E-state index in [0.29, 0.717) is 17.1 Å². The summed E-state index contributed by atoms with van der Waals surface area (Å²) in [6, 6.07) is 19.9. The number of hydrogen-bond acceptors (Lipinski definition) is 6. The summed E-state index contributed by atoms with van der Waals surface area (Å²) < 4.78 is 38.5. The molecule has 33 heavy (non-hydrogen) atoms. The number of hydrogen-bond donors (Lipinski definition) is 3. The van der Waals surface area contributed by atoms with Crippen molar-refractivity contribution in [3.05, 3.63) is 89.6 Å². The van der Waals surface area contributed by atoms with Gasteiger partial charge in [-0.05, 0) is 61.0 Å². The summed E-state index contributed by atoms with van der Waals surface area (Å²) in [6.45, 7) is 1.79. The van der Waals surface area contributed by atoms with E-state index in [9.17, 15) is 13.2 Å². The van der Waals surface area contributed by atoms with Crippen molar-refractivity contribution in [3.63, 3.8) is 0 Å². The number of anilines is 1. The number of carbonyl (C=O) groups is 1. The van der Waals surface area contributed by atoms with Gasteiger partial charge in [-0.3, -0.25) is 14.9 Å². The van der Waals surface area contributed by atoms with Crippen molar-refractivity contribution in [3.8, 4) is 11.5 Å². The lowest BCUT2D eigenvalue weighted by atomic mass is 10.2. The molecule has 1 amide bonds. The highest BCUT2D eigenvalue weighted by molar-refractivity contribution is 7.92. The Hall–Kier alpha value is -3.98. The van der Waals surface area contributed by atoms with Gasteiger partial charge in [0, 0.05) is 11.3 Å². The largest absolute Gasteiger partial charge is 0.497 e. The predicted octanol–water partition coefficient (Wildman–Crippen LogP) is 3.80. The van der Waals surface area contributed by atoms with Gasteiger partial charge < -0.3 is 14.9 Å². The van der Waals surface area contributed by atoms with Gasteiger partial charge in [0.05, 0.1) is 24.8 Å². The molecule has 3 rings (SSSR count). The molecule has 0 bridgehead atoms. The maximum absolute atomic E-state index is 12.8. The fraction of sp³-hybridized carbons (Fsp3) is 0.125. The molecule has 0 aliphatic heterocycles. The van der Waals surface area contributed by atoms with Crippen LogP contribution < -0.4 is 25.0 Å². The topological polar surface area (TPSA) is 106 Å². The zero-order chi connectivity index (χ0) is 23.8. The molecule has 0 saturated heterocycles. The molecule has 0 heterocycles. The molecule has 0 unspecified atom stereocenters. The summed E-state index contributed by atoms with van der Waals surface area (Å²) in [7, 11) is -0.878. The number of carbonyl (C=O) groups excluding carboxylic acids is 1. The van der Waals surface area contributed by atoms with Crippen LogP contribution in [0, 0.1) is 0 Å². The lowest BCUT2D eigenvalue weighted by molar-refractivity contribution is 0.0939. The summed E-state index contributed by atoms with van der Waals surface area (Å²) in [5.41, 5.74) is 7.49. The second-order valence-electron chi connectivity index (χ2n) is 7.01. The van der Waals surface area contributed by atoms with Gasteiger partial charge in [0.1, 0.15) is 11.5 Å². The first-order valence-corrected chi connectivity index (χ1v) is 11.5. The van der Waals surface area contributed by atoms with Crippen molar-refractivity contribution >= 4 is 27.7 Å². The van der Waals surface area contributed by atoms with Crippen LogP contribution >= 0.6 is 0 Å². The number of amides is 1. The molecular weight excluding hydrogens is 442 g/mol. The first kappa shape index (κ1) is 23.7. The summed E-state index contributed by atoms with van der Waals surface area (Å²) in [6.07, 6.45) is 1.85. The Labute approximate surface area is 193 Å². The van der Waals surface area contributed by atoms with Gasteiger partial charge in [0.2, 0.25) is 0 Å². The Bertz CT molecular complexity index is 1260. The van der Waals surface area contributed by atoms with E-state index in [2.05, 4.69) is 15.6 Å². The standard InChI is InChI=1S/C24H25N3O5S/c1-17(15-18-11-13-20(31-2)14-12-18)25-26-24(28)19-7-6-8-21(16-19)33(29,30)27-22-9-4-5-10-23(22)32-3/h4-16,25,27H,1-3H3,(H,26,28)/b17-15-. The summed E-state index contributed by atoms with van der Waals surface area (Å²) in [5.74, 6) is 0.659. The van der Waals surface area contributed by atoms with Gasteiger partial charge in [-0.25, -0.2) is 8.42 Å². The highest BCUT2D eigenvalue weighted by atomic mass is 32.2. The average Bonchev–Trinajstić information content (AvgIpc) is 2.83. The molecule has 172 valence electrons. The molecule has 8 nitrogen and oxygen atoms in total. The number of nitrogens with one attached hydrogen (secondary N) is 3. The number of rotatable bonds is 9. The van der Waals surface area contributed by atoms with Crippen LogP contribution in [0.2, 0.25) is 0 Å². The van der Waals surface area contributed by atoms with E-state index in [1.54, 1.807) is 38.3 Å². The lowest BCUT2D eigenvalue weighted by Gasteiger charge is -2.13. The molecule has 0 aliphatic rings. The van der Waals surface area contributed by atoms with Crippen molar-refractivity contribution < 1.29 is 22.7 Å². The molecule has 3 aromatic carbocycles. The second kappa shape index (κ2) is 10.6. The predicted molar refractivity (Wildman–Crippen MR) is 127 cm³/mol. The number of ether oxygens (including phenoxy) is 2. The number of benzene rings is 3. The van der Waals surface area contributed by atoms with Gasteiger partial charge in [-0.15, -0.1) is 0 Å². The summed E-state index contributed by atoms with van der Waals surface area (Å²) >= 11 is 0. The molecule has 3 N–H and O–H groups in total. The Morgan fingerprint density at radius 2 is 1.61 bits per heavy atom. The minimum Gasteiger partial charge on any atom is -0.497 e. The lowest BCUT2D eigenvalue weighted by Crippen LogP contribution is -2.36. The van der Waals surface area contributed by atoms with E-state index in [0.717, 1.165) is 11.3 Å². The highest BCUT2D eigenvalue weighted by Gasteiger charge is 2.18. The monoisotopic (exact) mass is 467 g/mol. The Kier molecular flexibility index (Phi) is 7.57. The first-order valence-electron chi connectivity index (χ1n) is 9.97. The molecule has 0 saturated carbocycles. The normalized spacial score (nSPS) is 11.4. The van der Waals surface area contributed by atoms with Crippen LogP contribution in [0.3, 0.4) is 0 Å². The summed E-state index contributed by atoms with van der Waals surface area (Å²) in [5, 5.41) is 0. The van der Waals surface area contributed by atoms with Crippen molar-refractivity contribution in [2.75, 3.05) is 18.9 Å². The molecule has 0 spiro atoms. The van der Waals surface area contributed by atoms with E-state index in [4.69, 9.17) is 9.47 Å². The Balaban J connectivity index is 1.69. The van der Waals surface area contributed by atoms with Crippen molar-refractivity contribution in [2.45, 2.75) is 11.8 Å². The van der Waals surface area contributed by atoms with Gasteiger partial charge in [0.25, 0.3) is 15.9 Å². The molecule has 0 radical (unpaired) electrons. The number of methoxy groups -OCH3 is 2. The molecule has 0 atom stereocenters. The molecule has 0 aromatic heterocycles. The van der Waals surface area contributed by atoms with Crippen LogP contribution in [-0.2, 0) is 10.0 Å². The van der Waals surface area contributed by atoms with Crippen LogP contribution in [0.25, 0.3) is 6.08 Å². The smallest absolute Gasteiger partial charge is 0.269 e. The van der Waals surface area contributed by atoms with E-state index >= 15 is 0 Å². The van der Waals surface area contributed by atoms with E-state index in [-0.39, 0.29) is 10.5 Å². The van der Waals surface area contributed by atoms with E-state index < -0.39 is 15.9 Å². The van der Waals surface area contributed by atoms with Crippen molar-refractivity contribution in [1.29, 1.82) is 0 Å². The molecule has 3 aromatic rings.